The number of imidazole rings is 1. The van der Waals surface area contributed by atoms with E-state index in [-0.39, 0.29) is 0 Å². The van der Waals surface area contributed by atoms with Crippen LogP contribution in [0.2, 0.25) is 5.02 Å². The van der Waals surface area contributed by atoms with E-state index in [1.807, 2.05) is 25.4 Å². The van der Waals surface area contributed by atoms with Crippen molar-refractivity contribution in [3.8, 4) is 0 Å². The van der Waals surface area contributed by atoms with Crippen molar-refractivity contribution in [3.63, 3.8) is 0 Å². The highest BCUT2D eigenvalue weighted by Crippen LogP contribution is 2.31. The molecule has 0 aliphatic rings. The Labute approximate surface area is 119 Å². The Balaban J connectivity index is 2.25. The monoisotopic (exact) mass is 277 g/mol. The molecule has 0 fully saturated rings. The second-order valence-electron chi connectivity index (χ2n) is 4.95. The number of hydrogen-bond acceptors (Lipinski definition) is 2. The molecular formula is C15H20ClN3. The lowest BCUT2D eigenvalue weighted by Gasteiger charge is -2.25. The largest absolute Gasteiger partial charge is 0.334 e. The Hall–Kier alpha value is -1.32. The Morgan fingerprint density at radius 3 is 2.53 bits per heavy atom. The number of hydrogen-bond donors (Lipinski definition) is 1. The van der Waals surface area contributed by atoms with Crippen molar-refractivity contribution in [1.82, 2.24) is 9.55 Å². The lowest BCUT2D eigenvalue weighted by atomic mass is 9.91. The van der Waals surface area contributed by atoms with Gasteiger partial charge in [0.25, 0.3) is 0 Å². The minimum Gasteiger partial charge on any atom is -0.334 e. The van der Waals surface area contributed by atoms with Crippen molar-refractivity contribution >= 4 is 11.6 Å². The second-order valence-corrected chi connectivity index (χ2v) is 5.38. The first-order valence-corrected chi connectivity index (χ1v) is 6.95. The number of halogens is 1. The van der Waals surface area contributed by atoms with Gasteiger partial charge in [-0.3, -0.25) is 0 Å². The number of nitrogens with zero attached hydrogens (tertiary/aromatic N) is 2. The Bertz CT molecular complexity index is 518. The molecule has 0 saturated carbocycles. The third-order valence-corrected chi connectivity index (χ3v) is 3.80. The van der Waals surface area contributed by atoms with E-state index in [0.717, 1.165) is 17.1 Å². The molecule has 1 aromatic carbocycles. The zero-order chi connectivity index (χ0) is 13.8. The summed E-state index contributed by atoms with van der Waals surface area (Å²) in [7, 11) is 0. The summed E-state index contributed by atoms with van der Waals surface area (Å²) >= 11 is 5.94. The van der Waals surface area contributed by atoms with E-state index in [1.165, 1.54) is 5.56 Å². The fourth-order valence-electron chi connectivity index (χ4n) is 2.44. The van der Waals surface area contributed by atoms with Crippen molar-refractivity contribution in [3.05, 3.63) is 53.1 Å². The Morgan fingerprint density at radius 2 is 2.00 bits per heavy atom. The molecule has 0 spiro atoms. The van der Waals surface area contributed by atoms with Gasteiger partial charge in [-0.15, -0.1) is 0 Å². The zero-order valence-corrected chi connectivity index (χ0v) is 12.1. The lowest BCUT2D eigenvalue weighted by molar-refractivity contribution is 0.408. The molecular weight excluding hydrogens is 258 g/mol. The van der Waals surface area contributed by atoms with Crippen molar-refractivity contribution in [2.45, 2.75) is 32.2 Å². The predicted octanol–water partition coefficient (Wildman–Crippen LogP) is 3.54. The molecule has 2 rings (SSSR count). The van der Waals surface area contributed by atoms with Crippen LogP contribution < -0.4 is 5.73 Å². The SMILES string of the molecule is Cc1cn(C(CCN)C(C)c2ccc(Cl)cc2)cn1. The summed E-state index contributed by atoms with van der Waals surface area (Å²) in [4.78, 5) is 4.31. The van der Waals surface area contributed by atoms with Gasteiger partial charge in [0.05, 0.1) is 12.0 Å². The summed E-state index contributed by atoms with van der Waals surface area (Å²) in [5.74, 6) is 0.370. The molecule has 0 aliphatic carbocycles. The summed E-state index contributed by atoms with van der Waals surface area (Å²) in [6.07, 6.45) is 4.90. The van der Waals surface area contributed by atoms with Gasteiger partial charge in [0, 0.05) is 23.2 Å². The van der Waals surface area contributed by atoms with E-state index in [0.29, 0.717) is 18.5 Å². The standard InChI is InChI=1S/C15H20ClN3/c1-11-9-19(10-18-11)15(7-8-17)12(2)13-3-5-14(16)6-4-13/h3-6,9-10,12,15H,7-8,17H2,1-2H3. The molecule has 1 aromatic heterocycles. The van der Waals surface area contributed by atoms with Crippen molar-refractivity contribution in [1.29, 1.82) is 0 Å². The Morgan fingerprint density at radius 1 is 1.32 bits per heavy atom. The van der Waals surface area contributed by atoms with Crippen LogP contribution in [-0.4, -0.2) is 16.1 Å². The van der Waals surface area contributed by atoms with Crippen molar-refractivity contribution in [2.24, 2.45) is 5.73 Å². The van der Waals surface area contributed by atoms with Gasteiger partial charge in [0.15, 0.2) is 0 Å². The molecule has 0 radical (unpaired) electrons. The number of aromatic nitrogens is 2. The molecule has 19 heavy (non-hydrogen) atoms. The third-order valence-electron chi connectivity index (χ3n) is 3.55. The first kappa shape index (κ1) is 14.1. The Kier molecular flexibility index (Phi) is 4.61. The average Bonchev–Trinajstić information content (AvgIpc) is 2.82. The maximum absolute atomic E-state index is 5.94. The summed E-state index contributed by atoms with van der Waals surface area (Å²) < 4.78 is 2.17. The molecule has 2 N–H and O–H groups in total. The van der Waals surface area contributed by atoms with Gasteiger partial charge < -0.3 is 10.3 Å². The molecule has 2 atom stereocenters. The van der Waals surface area contributed by atoms with Gasteiger partial charge in [-0.25, -0.2) is 4.98 Å². The van der Waals surface area contributed by atoms with Crippen LogP contribution in [-0.2, 0) is 0 Å². The average molecular weight is 278 g/mol. The highest BCUT2D eigenvalue weighted by molar-refractivity contribution is 6.30. The fourth-order valence-corrected chi connectivity index (χ4v) is 2.56. The van der Waals surface area contributed by atoms with Gasteiger partial charge in [-0.2, -0.15) is 0 Å². The van der Waals surface area contributed by atoms with Crippen LogP contribution >= 0.6 is 11.6 Å². The van der Waals surface area contributed by atoms with E-state index in [9.17, 15) is 0 Å². The van der Waals surface area contributed by atoms with E-state index in [1.54, 1.807) is 0 Å². The molecule has 0 aliphatic heterocycles. The first-order valence-electron chi connectivity index (χ1n) is 6.57. The maximum atomic E-state index is 5.94. The summed E-state index contributed by atoms with van der Waals surface area (Å²) in [6.45, 7) is 4.89. The number of aryl methyl sites for hydroxylation is 1. The van der Waals surface area contributed by atoms with Crippen LogP contribution in [0.25, 0.3) is 0 Å². The summed E-state index contributed by atoms with van der Waals surface area (Å²) in [6, 6.07) is 8.37. The van der Waals surface area contributed by atoms with Crippen molar-refractivity contribution in [2.75, 3.05) is 6.54 Å². The number of rotatable bonds is 5. The summed E-state index contributed by atoms with van der Waals surface area (Å²) in [5.41, 5.74) is 8.06. The zero-order valence-electron chi connectivity index (χ0n) is 11.4. The van der Waals surface area contributed by atoms with Crippen LogP contribution in [0.3, 0.4) is 0 Å². The third kappa shape index (κ3) is 3.37. The molecule has 0 bridgehead atoms. The quantitative estimate of drug-likeness (QED) is 0.908. The van der Waals surface area contributed by atoms with Crippen LogP contribution in [0.1, 0.15) is 36.6 Å². The normalized spacial score (nSPS) is 14.3. The molecule has 2 aromatic rings. The fraction of sp³-hybridized carbons (Fsp3) is 0.400. The van der Waals surface area contributed by atoms with E-state index < -0.39 is 0 Å². The number of nitrogens with two attached hydrogens (primary N) is 1. The number of benzene rings is 1. The molecule has 3 nitrogen and oxygen atoms in total. The van der Waals surface area contributed by atoms with Crippen LogP contribution in [0, 0.1) is 6.92 Å². The summed E-state index contributed by atoms with van der Waals surface area (Å²) in [5, 5.41) is 0.768. The van der Waals surface area contributed by atoms with Crippen LogP contribution in [0.15, 0.2) is 36.8 Å². The molecule has 102 valence electrons. The van der Waals surface area contributed by atoms with E-state index in [4.69, 9.17) is 17.3 Å². The molecule has 4 heteroatoms. The first-order chi connectivity index (χ1) is 9.11. The molecule has 1 heterocycles. The minimum atomic E-state index is 0.326. The van der Waals surface area contributed by atoms with Gasteiger partial charge in [-0.05, 0) is 37.6 Å². The van der Waals surface area contributed by atoms with Crippen LogP contribution in [0.4, 0.5) is 0 Å². The highest BCUT2D eigenvalue weighted by atomic mass is 35.5. The molecule has 0 saturated heterocycles. The van der Waals surface area contributed by atoms with Gasteiger partial charge in [0.2, 0.25) is 0 Å². The smallest absolute Gasteiger partial charge is 0.0952 e. The topological polar surface area (TPSA) is 43.8 Å². The maximum Gasteiger partial charge on any atom is 0.0952 e. The van der Waals surface area contributed by atoms with E-state index in [2.05, 4.69) is 34.8 Å². The van der Waals surface area contributed by atoms with E-state index >= 15 is 0 Å². The van der Waals surface area contributed by atoms with Crippen molar-refractivity contribution < 1.29 is 0 Å². The van der Waals surface area contributed by atoms with Crippen LogP contribution in [0.5, 0.6) is 0 Å². The molecule has 0 amide bonds. The molecule has 2 unspecified atom stereocenters. The second kappa shape index (κ2) is 6.22. The van der Waals surface area contributed by atoms with Gasteiger partial charge >= 0.3 is 0 Å². The predicted molar refractivity (Wildman–Crippen MR) is 79.5 cm³/mol. The minimum absolute atomic E-state index is 0.326. The van der Waals surface area contributed by atoms with Gasteiger partial charge in [-0.1, -0.05) is 30.7 Å². The lowest BCUT2D eigenvalue weighted by Crippen LogP contribution is -2.18. The van der Waals surface area contributed by atoms with Gasteiger partial charge in [0.1, 0.15) is 0 Å². The highest BCUT2D eigenvalue weighted by Gasteiger charge is 2.20.